The Labute approximate surface area is 226 Å². The van der Waals surface area contributed by atoms with E-state index in [0.29, 0.717) is 30.3 Å². The molecule has 2 aliphatic carbocycles. The molecule has 0 bridgehead atoms. The van der Waals surface area contributed by atoms with Gasteiger partial charge in [-0.15, -0.1) is 0 Å². The number of nitrogens with zero attached hydrogens (tertiary/aromatic N) is 1. The van der Waals surface area contributed by atoms with Gasteiger partial charge in [-0.2, -0.15) is 0 Å². The lowest BCUT2D eigenvalue weighted by Crippen LogP contribution is -2.56. The van der Waals surface area contributed by atoms with Gasteiger partial charge in [0, 0.05) is 30.1 Å². The van der Waals surface area contributed by atoms with Crippen molar-refractivity contribution in [1.29, 1.82) is 0 Å². The molecule has 5 rings (SSSR count). The van der Waals surface area contributed by atoms with Crippen LogP contribution in [0.4, 0.5) is 0 Å². The normalized spacial score (nSPS) is 27.7. The first-order chi connectivity index (χ1) is 18.1. The number of ketones is 1. The summed E-state index contributed by atoms with van der Waals surface area (Å²) in [7, 11) is 0. The van der Waals surface area contributed by atoms with Crippen LogP contribution in [0.15, 0.2) is 24.3 Å². The summed E-state index contributed by atoms with van der Waals surface area (Å²) < 4.78 is 5.63. The molecule has 4 fully saturated rings. The average Bonchev–Trinajstić information content (AvgIpc) is 3.64. The molecule has 0 radical (unpaired) electrons. The molecule has 2 saturated carbocycles. The van der Waals surface area contributed by atoms with E-state index in [1.165, 1.54) is 4.90 Å². The fourth-order valence-electron chi connectivity index (χ4n) is 5.89. The Balaban J connectivity index is 1.29. The number of likely N-dealkylation sites (tertiary alicyclic amines) is 1. The average molecular weight is 545 g/mol. The van der Waals surface area contributed by atoms with E-state index >= 15 is 0 Å². The smallest absolute Gasteiger partial charge is 0.289 e. The summed E-state index contributed by atoms with van der Waals surface area (Å²) in [4.78, 5) is 66.3. The van der Waals surface area contributed by atoms with E-state index in [1.54, 1.807) is 24.3 Å². The van der Waals surface area contributed by atoms with Crippen molar-refractivity contribution in [3.05, 3.63) is 29.3 Å². The summed E-state index contributed by atoms with van der Waals surface area (Å²) in [6, 6.07) is 4.67. The van der Waals surface area contributed by atoms with Gasteiger partial charge in [0.05, 0.1) is 6.04 Å². The molecule has 0 aromatic heterocycles. The van der Waals surface area contributed by atoms with E-state index in [1.807, 2.05) is 0 Å². The van der Waals surface area contributed by atoms with Crippen LogP contribution >= 0.6 is 11.6 Å². The quantitative estimate of drug-likeness (QED) is 0.377. The van der Waals surface area contributed by atoms with Crippen LogP contribution in [-0.2, 0) is 24.0 Å². The molecule has 1 aromatic carbocycles. The van der Waals surface area contributed by atoms with E-state index in [4.69, 9.17) is 16.3 Å². The Morgan fingerprint density at radius 2 is 1.87 bits per heavy atom. The van der Waals surface area contributed by atoms with Crippen LogP contribution in [0.5, 0.6) is 5.75 Å². The van der Waals surface area contributed by atoms with E-state index in [0.717, 1.165) is 12.8 Å². The molecule has 10 nitrogen and oxygen atoms in total. The van der Waals surface area contributed by atoms with Crippen molar-refractivity contribution >= 4 is 41.0 Å². The highest BCUT2D eigenvalue weighted by Gasteiger charge is 2.69. The zero-order valence-corrected chi connectivity index (χ0v) is 22.3. The summed E-state index contributed by atoms with van der Waals surface area (Å²) in [6.45, 7) is 4.76. The summed E-state index contributed by atoms with van der Waals surface area (Å²) in [5, 5.41) is 8.72. The van der Waals surface area contributed by atoms with E-state index in [2.05, 4.69) is 29.8 Å². The molecule has 2 aliphatic heterocycles. The SMILES string of the molecule is CC1(C)[C@@H]2[C@@H](C(=O)N[C@@H](C[C@@H]3CCNC3=O)C(=O)C(=O)NC3CC3)N(C(=O)COc3ccc(Cl)cc3)C[C@@H]21. The van der Waals surface area contributed by atoms with Crippen molar-refractivity contribution in [2.75, 3.05) is 19.7 Å². The lowest BCUT2D eigenvalue weighted by atomic mass is 9.94. The first kappa shape index (κ1) is 26.5. The van der Waals surface area contributed by atoms with Crippen LogP contribution in [0.1, 0.15) is 39.5 Å². The number of fused-ring (bicyclic) bond motifs is 1. The second-order valence-electron chi connectivity index (χ2n) is 11.4. The van der Waals surface area contributed by atoms with Crippen molar-refractivity contribution < 1.29 is 28.7 Å². The number of nitrogens with one attached hydrogen (secondary N) is 3. The highest BCUT2D eigenvalue weighted by molar-refractivity contribution is 6.38. The second-order valence-corrected chi connectivity index (χ2v) is 11.8. The highest BCUT2D eigenvalue weighted by Crippen LogP contribution is 2.64. The molecule has 1 aromatic rings. The number of piperidine rings is 1. The third-order valence-electron chi connectivity index (χ3n) is 8.43. The number of carbonyl (C=O) groups excluding carboxylic acids is 5. The molecular formula is C27H33ClN4O6. The first-order valence-electron chi connectivity index (χ1n) is 13.2. The van der Waals surface area contributed by atoms with E-state index in [9.17, 15) is 24.0 Å². The lowest BCUT2D eigenvalue weighted by molar-refractivity contribution is -0.144. The van der Waals surface area contributed by atoms with Gasteiger partial charge in [0.2, 0.25) is 17.6 Å². The number of benzene rings is 1. The van der Waals surface area contributed by atoms with Crippen LogP contribution in [0.3, 0.4) is 0 Å². The van der Waals surface area contributed by atoms with Crippen molar-refractivity contribution in [3.63, 3.8) is 0 Å². The van der Waals surface area contributed by atoms with Crippen molar-refractivity contribution in [1.82, 2.24) is 20.9 Å². The van der Waals surface area contributed by atoms with Gasteiger partial charge in [-0.1, -0.05) is 25.4 Å². The third kappa shape index (κ3) is 5.36. The Bertz CT molecular complexity index is 1150. The minimum atomic E-state index is -1.15. The van der Waals surface area contributed by atoms with E-state index < -0.39 is 35.6 Å². The van der Waals surface area contributed by atoms with E-state index in [-0.39, 0.29) is 48.1 Å². The zero-order chi connectivity index (χ0) is 27.2. The van der Waals surface area contributed by atoms with Crippen LogP contribution in [0.2, 0.25) is 5.02 Å². The molecule has 2 heterocycles. The first-order valence-corrected chi connectivity index (χ1v) is 13.5. The molecule has 3 N–H and O–H groups in total. The molecule has 5 atom stereocenters. The number of ether oxygens (including phenoxy) is 1. The Hall–Kier alpha value is -3.14. The molecule has 0 spiro atoms. The number of rotatable bonds is 10. The highest BCUT2D eigenvalue weighted by atomic mass is 35.5. The standard InChI is InChI=1S/C27H33ClN4O6/c1-27(2)18-12-32(20(33)13-38-17-7-3-15(28)4-8-17)22(21(18)27)25(36)31-19(11-14-9-10-29-24(14)35)23(34)26(37)30-16-5-6-16/h3-4,7-8,14,16,18-19,21-22H,5-6,9-13H2,1-2H3,(H,29,35)(H,30,37)(H,31,36)/t14-,18-,19-,21-,22-/m0/s1. The predicted octanol–water partition coefficient (Wildman–Crippen LogP) is 1.06. The maximum Gasteiger partial charge on any atom is 0.289 e. The van der Waals surface area contributed by atoms with Gasteiger partial charge in [0.1, 0.15) is 11.8 Å². The molecule has 204 valence electrons. The topological polar surface area (TPSA) is 134 Å². The summed E-state index contributed by atoms with van der Waals surface area (Å²) in [6.07, 6.45) is 2.19. The number of Topliss-reactive ketones (excluding diaryl/α,β-unsaturated/α-hetero) is 1. The van der Waals surface area contributed by atoms with Crippen molar-refractivity contribution in [3.8, 4) is 5.75 Å². The molecule has 2 saturated heterocycles. The molecule has 11 heteroatoms. The van der Waals surface area contributed by atoms with Crippen molar-refractivity contribution in [2.45, 2.75) is 57.7 Å². The monoisotopic (exact) mass is 544 g/mol. The fraction of sp³-hybridized carbons (Fsp3) is 0.593. The largest absolute Gasteiger partial charge is 0.484 e. The third-order valence-corrected chi connectivity index (χ3v) is 8.68. The van der Waals surface area contributed by atoms with Crippen LogP contribution in [0, 0.1) is 23.2 Å². The summed E-state index contributed by atoms with van der Waals surface area (Å²) >= 11 is 5.91. The maximum absolute atomic E-state index is 13.7. The second kappa shape index (κ2) is 10.2. The minimum Gasteiger partial charge on any atom is -0.484 e. The van der Waals surface area contributed by atoms with Gasteiger partial charge in [0.25, 0.3) is 11.8 Å². The summed E-state index contributed by atoms with van der Waals surface area (Å²) in [5.74, 6) is -2.46. The lowest BCUT2D eigenvalue weighted by Gasteiger charge is -2.31. The number of hydrogen-bond acceptors (Lipinski definition) is 6. The number of hydrogen-bond donors (Lipinski definition) is 3. The maximum atomic E-state index is 13.7. The minimum absolute atomic E-state index is 0.0193. The number of carbonyl (C=O) groups is 5. The van der Waals surface area contributed by atoms with Gasteiger partial charge in [-0.3, -0.25) is 24.0 Å². The van der Waals surface area contributed by atoms with Gasteiger partial charge in [0.15, 0.2) is 6.61 Å². The molecule has 4 amide bonds. The predicted molar refractivity (Wildman–Crippen MR) is 137 cm³/mol. The molecule has 4 aliphatic rings. The Morgan fingerprint density at radius 1 is 1.16 bits per heavy atom. The number of amides is 4. The molecule has 38 heavy (non-hydrogen) atoms. The van der Waals surface area contributed by atoms with Gasteiger partial charge in [-0.05, 0) is 67.2 Å². The van der Waals surface area contributed by atoms with Crippen LogP contribution in [0.25, 0.3) is 0 Å². The van der Waals surface area contributed by atoms with Gasteiger partial charge < -0.3 is 25.6 Å². The Morgan fingerprint density at radius 3 is 2.50 bits per heavy atom. The number of halogens is 1. The fourth-order valence-corrected chi connectivity index (χ4v) is 6.01. The molecule has 0 unspecified atom stereocenters. The zero-order valence-electron chi connectivity index (χ0n) is 21.5. The van der Waals surface area contributed by atoms with Gasteiger partial charge >= 0.3 is 0 Å². The van der Waals surface area contributed by atoms with Crippen LogP contribution in [-0.4, -0.2) is 72.1 Å². The molecular weight excluding hydrogens is 512 g/mol. The van der Waals surface area contributed by atoms with Gasteiger partial charge in [-0.25, -0.2) is 0 Å². The Kier molecular flexibility index (Phi) is 7.11. The van der Waals surface area contributed by atoms with Crippen molar-refractivity contribution in [2.24, 2.45) is 23.2 Å². The summed E-state index contributed by atoms with van der Waals surface area (Å²) in [5.41, 5.74) is -0.135. The van der Waals surface area contributed by atoms with Crippen LogP contribution < -0.4 is 20.7 Å².